The third kappa shape index (κ3) is 6.53. The van der Waals surface area contributed by atoms with Gasteiger partial charge in [-0.3, -0.25) is 0 Å². The molecule has 0 atom stereocenters. The normalized spacial score (nSPS) is 15.2. The van der Waals surface area contributed by atoms with Crippen LogP contribution in [-0.2, 0) is 0 Å². The number of ether oxygens (including phenoxy) is 1. The first kappa shape index (κ1) is 27.4. The van der Waals surface area contributed by atoms with Gasteiger partial charge in [-0.15, -0.1) is 23.4 Å². The van der Waals surface area contributed by atoms with Crippen molar-refractivity contribution < 1.29 is 17.9 Å². The molecule has 0 spiro atoms. The molecule has 1 saturated heterocycles. The molecule has 0 N–H and O–H groups in total. The van der Waals surface area contributed by atoms with Crippen LogP contribution in [0.2, 0.25) is 0 Å². The minimum atomic E-state index is -4.74. The molecule has 4 aromatic rings. The van der Waals surface area contributed by atoms with E-state index in [0.29, 0.717) is 11.5 Å². The number of amidine groups is 1. The van der Waals surface area contributed by atoms with Crippen molar-refractivity contribution in [2.75, 3.05) is 17.2 Å². The number of thioether (sulfide) groups is 1. The SMILES string of the molecule is Cc1cc(C)c(N2CCCSC2=NN=Cc2ccc(-c3ncn(-c4ccc(OC(F)(F)F)cc4)n3)cc2)c(C)c1. The minimum Gasteiger partial charge on any atom is -0.406 e. The Bertz CT molecular complexity index is 1520. The van der Waals surface area contributed by atoms with E-state index in [-0.39, 0.29) is 5.75 Å². The number of aryl methyl sites for hydroxylation is 3. The van der Waals surface area contributed by atoms with Crippen molar-refractivity contribution in [2.45, 2.75) is 33.6 Å². The van der Waals surface area contributed by atoms with Crippen LogP contribution in [0.25, 0.3) is 17.1 Å². The Hall–Kier alpha value is -4.12. The second-order valence-electron chi connectivity index (χ2n) is 9.40. The molecular formula is C29H27F3N6OS. The second kappa shape index (κ2) is 11.5. The third-order valence-electron chi connectivity index (χ3n) is 6.24. The zero-order chi connectivity index (χ0) is 28.3. The van der Waals surface area contributed by atoms with Gasteiger partial charge in [-0.2, -0.15) is 5.10 Å². The molecule has 1 fully saturated rings. The van der Waals surface area contributed by atoms with Crippen molar-refractivity contribution in [3.05, 3.63) is 89.2 Å². The van der Waals surface area contributed by atoms with Gasteiger partial charge in [0.05, 0.1) is 11.9 Å². The zero-order valence-electron chi connectivity index (χ0n) is 22.2. The van der Waals surface area contributed by atoms with Gasteiger partial charge in [0.25, 0.3) is 0 Å². The van der Waals surface area contributed by atoms with E-state index in [1.54, 1.807) is 18.0 Å². The molecule has 1 aromatic heterocycles. The van der Waals surface area contributed by atoms with Gasteiger partial charge in [0.15, 0.2) is 11.0 Å². The number of rotatable bonds is 6. The second-order valence-corrected chi connectivity index (χ2v) is 10.5. The monoisotopic (exact) mass is 564 g/mol. The first-order chi connectivity index (χ1) is 19.2. The fourth-order valence-corrected chi connectivity index (χ4v) is 5.53. The summed E-state index contributed by atoms with van der Waals surface area (Å²) in [4.78, 5) is 6.59. The van der Waals surface area contributed by atoms with Crippen molar-refractivity contribution in [2.24, 2.45) is 10.2 Å². The summed E-state index contributed by atoms with van der Waals surface area (Å²) in [7, 11) is 0. The van der Waals surface area contributed by atoms with Crippen molar-refractivity contribution in [1.29, 1.82) is 0 Å². The predicted octanol–water partition coefficient (Wildman–Crippen LogP) is 7.09. The maximum absolute atomic E-state index is 12.4. The number of nitrogens with zero attached hydrogens (tertiary/aromatic N) is 6. The van der Waals surface area contributed by atoms with Gasteiger partial charge in [0.1, 0.15) is 12.1 Å². The molecule has 0 radical (unpaired) electrons. The average molecular weight is 565 g/mol. The Balaban J connectivity index is 1.27. The minimum absolute atomic E-state index is 0.297. The number of hydrogen-bond donors (Lipinski definition) is 0. The predicted molar refractivity (Wildman–Crippen MR) is 154 cm³/mol. The van der Waals surface area contributed by atoms with Crippen LogP contribution in [0.1, 0.15) is 28.7 Å². The largest absolute Gasteiger partial charge is 0.573 e. The van der Waals surface area contributed by atoms with Crippen molar-refractivity contribution in [3.8, 4) is 22.8 Å². The highest BCUT2D eigenvalue weighted by Gasteiger charge is 2.31. The smallest absolute Gasteiger partial charge is 0.406 e. The molecule has 0 unspecified atom stereocenters. The first-order valence-electron chi connectivity index (χ1n) is 12.6. The summed E-state index contributed by atoms with van der Waals surface area (Å²) in [5, 5.41) is 14.3. The van der Waals surface area contributed by atoms with E-state index in [0.717, 1.165) is 35.0 Å². The first-order valence-corrected chi connectivity index (χ1v) is 13.6. The van der Waals surface area contributed by atoms with Gasteiger partial charge in [-0.25, -0.2) is 9.67 Å². The van der Waals surface area contributed by atoms with E-state index in [2.05, 4.69) is 62.8 Å². The summed E-state index contributed by atoms with van der Waals surface area (Å²) in [6, 6.07) is 17.4. The molecule has 2 heterocycles. The summed E-state index contributed by atoms with van der Waals surface area (Å²) in [6.45, 7) is 7.29. The number of benzene rings is 3. The van der Waals surface area contributed by atoms with Crippen LogP contribution in [0, 0.1) is 20.8 Å². The van der Waals surface area contributed by atoms with Gasteiger partial charge in [-0.1, -0.05) is 53.7 Å². The summed E-state index contributed by atoms with van der Waals surface area (Å²) >= 11 is 1.71. The molecule has 1 aliphatic rings. The van der Waals surface area contributed by atoms with Crippen LogP contribution in [0.5, 0.6) is 5.75 Å². The molecule has 11 heteroatoms. The van der Waals surface area contributed by atoms with E-state index < -0.39 is 6.36 Å². The van der Waals surface area contributed by atoms with Crippen LogP contribution in [-0.4, -0.2) is 44.8 Å². The number of alkyl halides is 3. The van der Waals surface area contributed by atoms with E-state index in [1.165, 1.54) is 57.7 Å². The van der Waals surface area contributed by atoms with E-state index in [4.69, 9.17) is 0 Å². The Labute approximate surface area is 234 Å². The lowest BCUT2D eigenvalue weighted by Crippen LogP contribution is -2.35. The van der Waals surface area contributed by atoms with Crippen LogP contribution in [0.4, 0.5) is 18.9 Å². The summed E-state index contributed by atoms with van der Waals surface area (Å²) in [6.07, 6.45) is -0.426. The summed E-state index contributed by atoms with van der Waals surface area (Å²) in [5.41, 5.74) is 7.14. The Kier molecular flexibility index (Phi) is 7.92. The van der Waals surface area contributed by atoms with Crippen LogP contribution in [0.3, 0.4) is 0 Å². The molecule has 0 amide bonds. The zero-order valence-corrected chi connectivity index (χ0v) is 23.0. The molecule has 0 bridgehead atoms. The fraction of sp³-hybridized carbons (Fsp3) is 0.241. The van der Waals surface area contributed by atoms with Gasteiger partial charge in [0.2, 0.25) is 0 Å². The number of hydrogen-bond acceptors (Lipinski definition) is 6. The van der Waals surface area contributed by atoms with Crippen molar-refractivity contribution >= 4 is 28.8 Å². The number of anilines is 1. The molecular weight excluding hydrogens is 537 g/mol. The maximum atomic E-state index is 12.4. The number of halogens is 3. The highest BCUT2D eigenvalue weighted by molar-refractivity contribution is 8.14. The van der Waals surface area contributed by atoms with Gasteiger partial charge < -0.3 is 9.64 Å². The maximum Gasteiger partial charge on any atom is 0.573 e. The lowest BCUT2D eigenvalue weighted by molar-refractivity contribution is -0.274. The highest BCUT2D eigenvalue weighted by atomic mass is 32.2. The van der Waals surface area contributed by atoms with E-state index >= 15 is 0 Å². The topological polar surface area (TPSA) is 67.9 Å². The van der Waals surface area contributed by atoms with Crippen LogP contribution < -0.4 is 9.64 Å². The molecule has 7 nitrogen and oxygen atoms in total. The molecule has 206 valence electrons. The summed E-state index contributed by atoms with van der Waals surface area (Å²) in [5.74, 6) is 1.20. The fourth-order valence-electron chi connectivity index (χ4n) is 4.63. The Morgan fingerprint density at radius 1 is 0.975 bits per heavy atom. The molecule has 5 rings (SSSR count). The van der Waals surface area contributed by atoms with Gasteiger partial charge >= 0.3 is 6.36 Å². The molecule has 0 aliphatic carbocycles. The van der Waals surface area contributed by atoms with Crippen LogP contribution in [0.15, 0.2) is 77.2 Å². The molecule has 3 aromatic carbocycles. The average Bonchev–Trinajstić information content (AvgIpc) is 3.39. The lowest BCUT2D eigenvalue weighted by Gasteiger charge is -2.31. The lowest BCUT2D eigenvalue weighted by atomic mass is 10.0. The van der Waals surface area contributed by atoms with Crippen molar-refractivity contribution in [3.63, 3.8) is 0 Å². The summed E-state index contributed by atoms with van der Waals surface area (Å²) < 4.78 is 42.6. The van der Waals surface area contributed by atoms with Crippen LogP contribution >= 0.6 is 11.8 Å². The van der Waals surface area contributed by atoms with Gasteiger partial charge in [-0.05, 0) is 68.1 Å². The molecule has 0 saturated carbocycles. The highest BCUT2D eigenvalue weighted by Crippen LogP contribution is 2.32. The molecule has 40 heavy (non-hydrogen) atoms. The Morgan fingerprint density at radius 3 is 2.35 bits per heavy atom. The standard InChI is InChI=1S/C29H27F3N6OS/c1-19-15-20(2)26(21(3)16-19)37-13-4-14-40-28(37)35-34-17-22-5-7-23(8-6-22)27-33-18-38(36-27)24-9-11-25(12-10-24)39-29(30,31)32/h5-12,15-18H,4,13-14H2,1-3H3. The van der Waals surface area contributed by atoms with Crippen molar-refractivity contribution in [1.82, 2.24) is 14.8 Å². The number of aromatic nitrogens is 3. The third-order valence-corrected chi connectivity index (χ3v) is 7.29. The molecule has 1 aliphatic heterocycles. The van der Waals surface area contributed by atoms with E-state index in [9.17, 15) is 13.2 Å². The quantitative estimate of drug-likeness (QED) is 0.185. The van der Waals surface area contributed by atoms with E-state index in [1.807, 2.05) is 24.3 Å². The Morgan fingerprint density at radius 2 is 1.68 bits per heavy atom. The van der Waals surface area contributed by atoms with Gasteiger partial charge in [0, 0.05) is 23.5 Å².